The van der Waals surface area contributed by atoms with E-state index in [1.165, 1.54) is 4.57 Å². The van der Waals surface area contributed by atoms with Crippen molar-refractivity contribution in [3.8, 4) is 16.8 Å². The smallest absolute Gasteiger partial charge is 0.389 e. The average Bonchev–Trinajstić information content (AvgIpc) is 2.79. The van der Waals surface area contributed by atoms with E-state index in [4.69, 9.17) is 17.3 Å². The van der Waals surface area contributed by atoms with Crippen LogP contribution in [0.4, 0.5) is 18.9 Å². The second-order valence-electron chi connectivity index (χ2n) is 7.74. The highest BCUT2D eigenvalue weighted by Crippen LogP contribution is 2.28. The van der Waals surface area contributed by atoms with Crippen LogP contribution >= 0.6 is 11.6 Å². The Kier molecular flexibility index (Phi) is 6.43. The molecule has 0 radical (unpaired) electrons. The lowest BCUT2D eigenvalue weighted by atomic mass is 10.0. The van der Waals surface area contributed by atoms with Gasteiger partial charge in [-0.25, -0.2) is 0 Å². The molecule has 2 N–H and O–H groups in total. The number of hydrogen-bond donors (Lipinski definition) is 1. The van der Waals surface area contributed by atoms with Gasteiger partial charge in [-0.2, -0.15) is 13.2 Å². The molecule has 2 aromatic carbocycles. The third kappa shape index (κ3) is 4.97. The van der Waals surface area contributed by atoms with Crippen LogP contribution in [0.3, 0.4) is 0 Å². The van der Waals surface area contributed by atoms with Gasteiger partial charge in [0.2, 0.25) is 0 Å². The number of fused-ring (bicyclic) bond motifs is 1. The maximum absolute atomic E-state index is 13.7. The molecule has 2 aromatic heterocycles. The number of benzene rings is 2. The number of pyridine rings is 2. The van der Waals surface area contributed by atoms with Gasteiger partial charge in [-0.1, -0.05) is 23.7 Å². The van der Waals surface area contributed by atoms with Crippen molar-refractivity contribution in [2.45, 2.75) is 19.0 Å². The molecule has 0 spiro atoms. The Labute approximate surface area is 198 Å². The molecule has 0 aliphatic carbocycles. The molecule has 0 amide bonds. The summed E-state index contributed by atoms with van der Waals surface area (Å²) < 4.78 is 39.7. The summed E-state index contributed by atoms with van der Waals surface area (Å²) in [5.41, 5.74) is 8.77. The van der Waals surface area contributed by atoms with Crippen LogP contribution in [-0.2, 0) is 6.42 Å². The Balaban J connectivity index is 1.96. The van der Waals surface area contributed by atoms with Gasteiger partial charge in [-0.3, -0.25) is 19.3 Å². The largest absolute Gasteiger partial charge is 0.398 e. The molecule has 4 rings (SSSR count). The number of nitrogens with two attached hydrogens (primary N) is 1. The first kappa shape index (κ1) is 23.5. The zero-order valence-electron chi connectivity index (χ0n) is 18.1. The van der Waals surface area contributed by atoms with Crippen molar-refractivity contribution in [1.82, 2.24) is 9.55 Å². The molecule has 5 nitrogen and oxygen atoms in total. The Bertz CT molecular complexity index is 1440. The number of nitrogens with zero attached hydrogens (tertiary/aromatic N) is 3. The summed E-state index contributed by atoms with van der Waals surface area (Å²) in [4.78, 5) is 22.1. The van der Waals surface area contributed by atoms with Crippen molar-refractivity contribution in [3.05, 3.63) is 87.4 Å². The summed E-state index contributed by atoms with van der Waals surface area (Å²) in [7, 11) is 1.62. The van der Waals surface area contributed by atoms with E-state index >= 15 is 0 Å². The van der Waals surface area contributed by atoms with E-state index < -0.39 is 12.6 Å². The lowest BCUT2D eigenvalue weighted by Crippen LogP contribution is -2.21. The number of alkyl halides is 3. The van der Waals surface area contributed by atoms with Crippen LogP contribution in [0.15, 0.2) is 70.6 Å². The van der Waals surface area contributed by atoms with E-state index in [1.54, 1.807) is 74.1 Å². The Hall–Kier alpha value is -3.65. The molecular formula is C25H20ClF3N4O. The van der Waals surface area contributed by atoms with Crippen molar-refractivity contribution >= 4 is 34.4 Å². The van der Waals surface area contributed by atoms with Crippen molar-refractivity contribution in [3.63, 3.8) is 0 Å². The van der Waals surface area contributed by atoms with Gasteiger partial charge in [0.05, 0.1) is 11.1 Å². The second kappa shape index (κ2) is 9.30. The Morgan fingerprint density at radius 3 is 2.53 bits per heavy atom. The molecule has 0 fully saturated rings. The van der Waals surface area contributed by atoms with Crippen LogP contribution in [0, 0.1) is 0 Å². The Morgan fingerprint density at radius 2 is 1.85 bits per heavy atom. The summed E-state index contributed by atoms with van der Waals surface area (Å²) in [5.74, 6) is 0. The number of anilines is 1. The highest BCUT2D eigenvalue weighted by Gasteiger charge is 2.27. The molecule has 9 heteroatoms. The number of rotatable bonds is 5. The van der Waals surface area contributed by atoms with Gasteiger partial charge >= 0.3 is 6.18 Å². The maximum atomic E-state index is 13.7. The predicted molar refractivity (Wildman–Crippen MR) is 130 cm³/mol. The molecule has 0 atom stereocenters. The van der Waals surface area contributed by atoms with Gasteiger partial charge in [0, 0.05) is 58.9 Å². The lowest BCUT2D eigenvalue weighted by molar-refractivity contribution is -0.134. The third-order valence-electron chi connectivity index (χ3n) is 5.34. The standard InChI is InChI=1S/C25H20ClF3N4O/c1-31-13-17-12-20(8-9-21(17)30)33-14-16-4-7-19(10-11-25(27,28)29)32-23(16)22(24(33)34)15-2-5-18(26)6-3-15/h2-9,12-14H,10-11,30H2,1H3. The lowest BCUT2D eigenvalue weighted by Gasteiger charge is -2.14. The molecule has 0 aliphatic rings. The SMILES string of the molecule is CN=Cc1cc(-n2cc3ccc(CCC(F)(F)F)nc3c(-c3ccc(Cl)cc3)c2=O)ccc1N. The van der Waals surface area contributed by atoms with Crippen molar-refractivity contribution in [2.75, 3.05) is 12.8 Å². The summed E-state index contributed by atoms with van der Waals surface area (Å²) >= 11 is 6.03. The quantitative estimate of drug-likeness (QED) is 0.286. The monoisotopic (exact) mass is 484 g/mol. The molecule has 0 aliphatic heterocycles. The first-order chi connectivity index (χ1) is 16.2. The first-order valence-electron chi connectivity index (χ1n) is 10.4. The average molecular weight is 485 g/mol. The Morgan fingerprint density at radius 1 is 1.12 bits per heavy atom. The summed E-state index contributed by atoms with van der Waals surface area (Å²) in [5, 5.41) is 1.09. The zero-order valence-corrected chi connectivity index (χ0v) is 18.9. The van der Waals surface area contributed by atoms with Crippen molar-refractivity contribution < 1.29 is 13.2 Å². The van der Waals surface area contributed by atoms with Crippen LogP contribution in [0.25, 0.3) is 27.7 Å². The van der Waals surface area contributed by atoms with Gasteiger partial charge in [0.15, 0.2) is 0 Å². The van der Waals surface area contributed by atoms with E-state index in [0.29, 0.717) is 38.4 Å². The van der Waals surface area contributed by atoms with Gasteiger partial charge in [0.1, 0.15) is 0 Å². The minimum atomic E-state index is -4.30. The van der Waals surface area contributed by atoms with Crippen molar-refractivity contribution in [1.29, 1.82) is 0 Å². The van der Waals surface area contributed by atoms with Crippen molar-refractivity contribution in [2.24, 2.45) is 4.99 Å². The normalized spacial score (nSPS) is 12.0. The van der Waals surface area contributed by atoms with Gasteiger partial charge in [-0.05, 0) is 54.4 Å². The molecule has 34 heavy (non-hydrogen) atoms. The fourth-order valence-corrected chi connectivity index (χ4v) is 3.80. The van der Waals surface area contributed by atoms with Gasteiger partial charge < -0.3 is 5.73 Å². The predicted octanol–water partition coefficient (Wildman–Crippen LogP) is 5.83. The summed E-state index contributed by atoms with van der Waals surface area (Å²) in [6.07, 6.45) is -2.35. The van der Waals surface area contributed by atoms with E-state index in [9.17, 15) is 18.0 Å². The van der Waals surface area contributed by atoms with Crippen LogP contribution in [0.1, 0.15) is 17.7 Å². The van der Waals surface area contributed by atoms with E-state index in [-0.39, 0.29) is 23.2 Å². The van der Waals surface area contributed by atoms with Gasteiger partial charge in [0.25, 0.3) is 5.56 Å². The molecule has 2 heterocycles. The highest BCUT2D eigenvalue weighted by atomic mass is 35.5. The molecule has 0 saturated heterocycles. The first-order valence-corrected chi connectivity index (χ1v) is 10.7. The minimum absolute atomic E-state index is 0.256. The number of aliphatic imine (C=N–C) groups is 1. The maximum Gasteiger partial charge on any atom is 0.389 e. The topological polar surface area (TPSA) is 73.3 Å². The number of hydrogen-bond acceptors (Lipinski definition) is 4. The number of halogens is 4. The third-order valence-corrected chi connectivity index (χ3v) is 5.59. The number of aromatic nitrogens is 2. The summed E-state index contributed by atoms with van der Waals surface area (Å²) in [6, 6.07) is 15.0. The molecule has 0 unspecified atom stereocenters. The number of nitrogen functional groups attached to an aromatic ring is 1. The molecule has 0 bridgehead atoms. The van der Waals surface area contributed by atoms with Crippen LogP contribution in [0.2, 0.25) is 5.02 Å². The van der Waals surface area contributed by atoms with E-state index in [0.717, 1.165) is 0 Å². The van der Waals surface area contributed by atoms with Crippen LogP contribution in [-0.4, -0.2) is 29.0 Å². The van der Waals surface area contributed by atoms with Crippen LogP contribution < -0.4 is 11.3 Å². The molecule has 0 saturated carbocycles. The van der Waals surface area contributed by atoms with E-state index in [1.807, 2.05) is 0 Å². The molecular weight excluding hydrogens is 465 g/mol. The van der Waals surface area contributed by atoms with Gasteiger partial charge in [-0.15, -0.1) is 0 Å². The zero-order chi connectivity index (χ0) is 24.5. The summed E-state index contributed by atoms with van der Waals surface area (Å²) in [6.45, 7) is 0. The second-order valence-corrected chi connectivity index (χ2v) is 8.18. The van der Waals surface area contributed by atoms with Crippen LogP contribution in [0.5, 0.6) is 0 Å². The fourth-order valence-electron chi connectivity index (χ4n) is 3.67. The van der Waals surface area contributed by atoms with E-state index in [2.05, 4.69) is 9.98 Å². The highest BCUT2D eigenvalue weighted by molar-refractivity contribution is 6.30. The minimum Gasteiger partial charge on any atom is -0.398 e. The number of aryl methyl sites for hydroxylation is 1. The molecule has 174 valence electrons. The fraction of sp³-hybridized carbons (Fsp3) is 0.160. The molecule has 4 aromatic rings.